The van der Waals surface area contributed by atoms with Gasteiger partial charge in [0.1, 0.15) is 34.7 Å². The largest absolute Gasteiger partial charge is 1.00 e. The Hall–Kier alpha value is -1.92. The molecule has 0 aliphatic heterocycles. The number of methoxy groups -OCH3 is 2. The molecule has 362 valence electrons. The number of phenols is 1. The van der Waals surface area contributed by atoms with E-state index in [-0.39, 0.29) is 187 Å². The first-order valence-corrected chi connectivity index (χ1v) is 23.7. The number of carbonyl (C=O) groups excluding carboxylic acids is 1. The molecule has 0 radical (unpaired) electrons. The van der Waals surface area contributed by atoms with Gasteiger partial charge in [-0.3, -0.25) is 18.6 Å². The van der Waals surface area contributed by atoms with Crippen LogP contribution < -0.4 is 178 Å². The summed E-state index contributed by atoms with van der Waals surface area (Å²) in [7, 11) is 3.06. The number of rotatable bonds is 11. The molecular formula is C42H48Br2Cs2N8O14S. The number of benzene rings is 2. The summed E-state index contributed by atoms with van der Waals surface area (Å²) in [6.07, 6.45) is 15.8. The minimum Gasteiger partial charge on any atom is -1.00 e. The fourth-order valence-electron chi connectivity index (χ4n) is 6.92. The molecule has 0 amide bonds. The Balaban J connectivity index is 0.000000358. The van der Waals surface area contributed by atoms with Crippen LogP contribution in [0.4, 0.5) is 0 Å². The van der Waals surface area contributed by atoms with E-state index in [1.54, 1.807) is 63.7 Å². The molecule has 0 spiro atoms. The first-order chi connectivity index (χ1) is 32.0. The molecule has 2 aromatic carbocycles. The average Bonchev–Trinajstić information content (AvgIpc) is 3.30. The van der Waals surface area contributed by atoms with Crippen LogP contribution in [0, 0.1) is 0 Å². The normalized spacial score (nSPS) is 17.3. The maximum atomic E-state index is 12.0. The number of aromatic hydroxyl groups is 1. The van der Waals surface area contributed by atoms with Crippen molar-refractivity contribution in [3.05, 3.63) is 91.1 Å². The molecule has 2 saturated carbocycles. The zero-order valence-corrected chi connectivity index (χ0v) is 55.4. The Morgan fingerprint density at radius 2 is 1.03 bits per heavy atom. The van der Waals surface area contributed by atoms with E-state index in [2.05, 4.69) is 66.7 Å². The minimum absolute atomic E-state index is 0. The number of aryl methyl sites for hydroxylation is 2. The fourth-order valence-corrected chi connectivity index (χ4v) is 8.47. The van der Waals surface area contributed by atoms with Crippen molar-refractivity contribution in [2.75, 3.05) is 20.5 Å². The Bertz CT molecular complexity index is 2830. The maximum absolute atomic E-state index is 12.0. The topological polar surface area (TPSA) is 280 Å². The smallest absolute Gasteiger partial charge is 1.00 e. The van der Waals surface area contributed by atoms with Gasteiger partial charge in [0.05, 0.1) is 80.9 Å². The third-order valence-corrected chi connectivity index (χ3v) is 11.7. The molecule has 22 nitrogen and oxygen atoms in total. The van der Waals surface area contributed by atoms with E-state index in [1.165, 1.54) is 23.0 Å². The van der Waals surface area contributed by atoms with E-state index in [9.17, 15) is 23.1 Å². The van der Waals surface area contributed by atoms with Gasteiger partial charge < -0.3 is 49.5 Å². The van der Waals surface area contributed by atoms with Crippen LogP contribution in [0.15, 0.2) is 80.0 Å². The van der Waals surface area contributed by atoms with Crippen LogP contribution >= 0.6 is 31.9 Å². The Labute approximate surface area is 532 Å². The number of halogens is 2. The van der Waals surface area contributed by atoms with Crippen molar-refractivity contribution in [2.24, 2.45) is 14.1 Å². The molecule has 0 bridgehead atoms. The summed E-state index contributed by atoms with van der Waals surface area (Å²) in [4.78, 5) is 59.1. The van der Waals surface area contributed by atoms with Crippen molar-refractivity contribution in [2.45, 2.75) is 75.8 Å². The summed E-state index contributed by atoms with van der Waals surface area (Å²) in [5.74, 6) is 1.87. The molecule has 69 heavy (non-hydrogen) atoms. The monoisotopic (exact) mass is 1340 g/mol. The van der Waals surface area contributed by atoms with Crippen molar-refractivity contribution < 1.29 is 196 Å². The van der Waals surface area contributed by atoms with Gasteiger partial charge in [0.15, 0.2) is 11.5 Å². The number of fused-ring (bicyclic) bond motifs is 2. The first-order valence-electron chi connectivity index (χ1n) is 20.3. The van der Waals surface area contributed by atoms with Crippen molar-refractivity contribution in [1.82, 2.24) is 39.0 Å². The molecule has 8 rings (SSSR count). The first kappa shape index (κ1) is 61.4. The van der Waals surface area contributed by atoms with E-state index >= 15 is 0 Å². The minimum atomic E-state index is -3.39. The summed E-state index contributed by atoms with van der Waals surface area (Å²) >= 11 is 6.74. The maximum Gasteiger partial charge on any atom is 1.00 e. The molecule has 2 fully saturated rings. The second kappa shape index (κ2) is 30.3. The zero-order chi connectivity index (χ0) is 48.7. The molecule has 4 heterocycles. The summed E-state index contributed by atoms with van der Waals surface area (Å²) in [5, 5.41) is 18.1. The third kappa shape index (κ3) is 19.5. The predicted molar refractivity (Wildman–Crippen MR) is 246 cm³/mol. The van der Waals surface area contributed by atoms with E-state index in [4.69, 9.17) is 37.9 Å². The van der Waals surface area contributed by atoms with Crippen molar-refractivity contribution in [3.63, 3.8) is 0 Å². The van der Waals surface area contributed by atoms with Crippen LogP contribution in [0.2, 0.25) is 0 Å². The van der Waals surface area contributed by atoms with Gasteiger partial charge in [-0.1, -0.05) is 31.9 Å². The molecule has 2 aliphatic rings. The van der Waals surface area contributed by atoms with Crippen molar-refractivity contribution >= 4 is 70.5 Å². The van der Waals surface area contributed by atoms with Crippen LogP contribution in [-0.4, -0.2) is 104 Å². The van der Waals surface area contributed by atoms with Crippen LogP contribution in [0.5, 0.6) is 35.0 Å². The quantitative estimate of drug-likeness (QED) is 0.0660. The Morgan fingerprint density at radius 3 is 1.43 bits per heavy atom. The number of carbonyl (C=O) groups is 1. The number of hydrogen-bond acceptors (Lipinski definition) is 20. The molecule has 1 N–H and O–H groups in total. The molecule has 4 aromatic heterocycles. The molecule has 6 aromatic rings. The summed E-state index contributed by atoms with van der Waals surface area (Å²) in [5.41, 5.74) is 2.03. The van der Waals surface area contributed by atoms with Gasteiger partial charge in [-0.2, -0.15) is 28.4 Å². The van der Waals surface area contributed by atoms with Crippen LogP contribution in [0.1, 0.15) is 52.8 Å². The van der Waals surface area contributed by atoms with Gasteiger partial charge in [-0.15, -0.1) is 0 Å². The number of phenolic OH excluding ortho intramolecular Hbond substituents is 1. The SMILES string of the molecule is COc1cnc(OC2CCC(OS(C)(=O)=O)CC2)nc1.COc1cnc(OC2CCC(Oc3cc(Br)cc4ncc(=O)n(C)c34)CC2)nc1.Cn1c(=O)cnc2cc(Br)cc(O)c21.O=CO[O-].[Cs+].[Cs+].[H-]. The Kier molecular flexibility index (Phi) is 27.0. The van der Waals surface area contributed by atoms with Crippen molar-refractivity contribution in [1.29, 1.82) is 0 Å². The second-order valence-corrected chi connectivity index (χ2v) is 18.3. The fraction of sp³-hybridized carbons (Fsp3) is 0.405. The average molecular weight is 1350 g/mol. The van der Waals surface area contributed by atoms with Gasteiger partial charge in [-0.05, 0) is 75.6 Å². The molecule has 27 heteroatoms. The third-order valence-electron chi connectivity index (χ3n) is 10.1. The van der Waals surface area contributed by atoms with Gasteiger partial charge in [0.2, 0.25) is 0 Å². The van der Waals surface area contributed by atoms with Gasteiger partial charge >= 0.3 is 150 Å². The van der Waals surface area contributed by atoms with E-state index in [0.717, 1.165) is 53.7 Å². The van der Waals surface area contributed by atoms with Crippen LogP contribution in [0.25, 0.3) is 22.1 Å². The summed E-state index contributed by atoms with van der Waals surface area (Å²) < 4.78 is 59.4. The summed E-state index contributed by atoms with van der Waals surface area (Å²) in [6, 6.07) is 7.70. The Morgan fingerprint density at radius 1 is 0.652 bits per heavy atom. The predicted octanol–water partition coefficient (Wildman–Crippen LogP) is -1.63. The number of hydrogen-bond donors (Lipinski definition) is 1. The van der Waals surface area contributed by atoms with Crippen molar-refractivity contribution in [3.8, 4) is 35.0 Å². The van der Waals surface area contributed by atoms with Gasteiger partial charge in [0.25, 0.3) is 27.7 Å². The number of nitrogens with zero attached hydrogens (tertiary/aromatic N) is 8. The van der Waals surface area contributed by atoms with Gasteiger partial charge in [-0.25, -0.2) is 9.97 Å². The number of ether oxygens (including phenoxy) is 5. The molecule has 0 atom stereocenters. The van der Waals surface area contributed by atoms with E-state index in [0.29, 0.717) is 64.2 Å². The van der Waals surface area contributed by atoms with E-state index in [1.807, 2.05) is 12.1 Å². The van der Waals surface area contributed by atoms with Gasteiger partial charge in [0, 0.05) is 23.0 Å². The second-order valence-electron chi connectivity index (χ2n) is 14.8. The molecule has 0 unspecified atom stereocenters. The van der Waals surface area contributed by atoms with Crippen LogP contribution in [0.3, 0.4) is 0 Å². The standard InChI is InChI=1S/C20H21BrN4O4.C12H18N2O5S.C9H7BrN2O2.CH2O3.2Cs.H/c1-25-18(26)11-22-16-7-12(21)8-17(19(16)25)28-13-3-5-14(6-4-13)29-20-23-9-15(27-2)10-24-20;1-17-11-7-13-12(14-8-11)18-9-3-5-10(6-4-9)19-20(2,15)16;1-12-8(14)4-11-6-2-5(10)3-7(13)9(6)12;2-1-4-3;;;/h7-11,13-14H,3-6H2,1-2H3;7-10H,3-6H2,1-2H3;2-4,13H,1H3;1,3H;;;/q;;;;2*+1;-1/p-1. The molecule has 2 aliphatic carbocycles. The molecular weight excluding hydrogens is 1300 g/mol. The molecule has 0 saturated heterocycles. The van der Waals surface area contributed by atoms with E-state index < -0.39 is 10.1 Å². The number of aromatic nitrogens is 8. The zero-order valence-electron chi connectivity index (χ0n) is 39.8. The van der Waals surface area contributed by atoms with Crippen LogP contribution in [-0.2, 0) is 38.1 Å². The summed E-state index contributed by atoms with van der Waals surface area (Å²) in [6.45, 7) is -0.181.